The normalized spacial score (nSPS) is 22.8. The molecule has 3 rings (SSSR count). The lowest BCUT2D eigenvalue weighted by atomic mass is 10.1. The molecule has 1 saturated heterocycles. The van der Waals surface area contributed by atoms with Crippen molar-refractivity contribution in [3.8, 4) is 5.88 Å². The molecule has 1 atom stereocenters. The minimum atomic E-state index is 0.0905. The van der Waals surface area contributed by atoms with E-state index in [0.29, 0.717) is 18.2 Å². The van der Waals surface area contributed by atoms with Crippen molar-refractivity contribution in [1.82, 2.24) is 10.3 Å². The highest BCUT2D eigenvalue weighted by Crippen LogP contribution is 2.44. The van der Waals surface area contributed by atoms with Gasteiger partial charge in [0.15, 0.2) is 0 Å². The first-order valence-corrected chi connectivity index (χ1v) is 7.68. The quantitative estimate of drug-likeness (QED) is 0.919. The van der Waals surface area contributed by atoms with Crippen LogP contribution in [0.5, 0.6) is 5.88 Å². The molecule has 0 radical (unpaired) electrons. The molecule has 0 aromatic carbocycles. The van der Waals surface area contributed by atoms with Crippen molar-refractivity contribution in [3.63, 3.8) is 0 Å². The number of carbonyl (C=O) groups excluding carboxylic acids is 1. The van der Waals surface area contributed by atoms with Crippen LogP contribution >= 0.6 is 15.9 Å². The number of pyridine rings is 1. The van der Waals surface area contributed by atoms with E-state index in [1.807, 2.05) is 12.1 Å². The Bertz CT molecular complexity index is 567. The van der Waals surface area contributed by atoms with Crippen LogP contribution in [-0.2, 0) is 4.79 Å². The third-order valence-corrected chi connectivity index (χ3v) is 4.39. The van der Waals surface area contributed by atoms with E-state index in [4.69, 9.17) is 4.74 Å². The fourth-order valence-electron chi connectivity index (χ4n) is 2.48. The van der Waals surface area contributed by atoms with Crippen LogP contribution in [0.2, 0.25) is 0 Å². The topological polar surface area (TPSA) is 51.2 Å². The number of ether oxygens (including phenoxy) is 1. The Kier molecular flexibility index (Phi) is 3.78. The van der Waals surface area contributed by atoms with Crippen LogP contribution in [0.15, 0.2) is 18.2 Å². The van der Waals surface area contributed by atoms with Gasteiger partial charge in [0, 0.05) is 22.5 Å². The molecule has 1 saturated carbocycles. The smallest absolute Gasteiger partial charge is 0.220 e. The largest absolute Gasteiger partial charge is 0.481 e. The summed E-state index contributed by atoms with van der Waals surface area (Å²) in [5.74, 6) is 1.44. The Morgan fingerprint density at radius 3 is 2.85 bits per heavy atom. The van der Waals surface area contributed by atoms with E-state index >= 15 is 0 Å². The van der Waals surface area contributed by atoms with E-state index in [9.17, 15) is 4.79 Å². The van der Waals surface area contributed by atoms with Crippen LogP contribution in [0.1, 0.15) is 42.9 Å². The Hall–Kier alpha value is -1.36. The summed E-state index contributed by atoms with van der Waals surface area (Å²) in [4.78, 5) is 15.8. The maximum atomic E-state index is 11.2. The van der Waals surface area contributed by atoms with Gasteiger partial charge in [-0.2, -0.15) is 0 Å². The maximum Gasteiger partial charge on any atom is 0.220 e. The zero-order valence-electron chi connectivity index (χ0n) is 11.4. The maximum absolute atomic E-state index is 11.2. The van der Waals surface area contributed by atoms with Crippen molar-refractivity contribution in [3.05, 3.63) is 29.5 Å². The molecular formula is C15H17BrN2O2. The van der Waals surface area contributed by atoms with Crippen LogP contribution in [0.3, 0.4) is 0 Å². The van der Waals surface area contributed by atoms with Gasteiger partial charge in [0.2, 0.25) is 11.8 Å². The molecule has 0 spiro atoms. The average Bonchev–Trinajstić information content (AvgIpc) is 3.22. The number of nitrogens with one attached hydrogen (secondary N) is 1. The van der Waals surface area contributed by atoms with E-state index in [0.717, 1.165) is 16.6 Å². The molecule has 2 heterocycles. The molecule has 1 aliphatic heterocycles. The van der Waals surface area contributed by atoms with Gasteiger partial charge in [0.1, 0.15) is 0 Å². The molecule has 2 aliphatic rings. The van der Waals surface area contributed by atoms with Crippen molar-refractivity contribution in [2.75, 3.05) is 7.11 Å². The molecule has 5 heteroatoms. The minimum Gasteiger partial charge on any atom is -0.481 e. The number of methoxy groups -OCH3 is 1. The van der Waals surface area contributed by atoms with E-state index < -0.39 is 0 Å². The number of hydrogen-bond acceptors (Lipinski definition) is 3. The van der Waals surface area contributed by atoms with E-state index in [-0.39, 0.29) is 11.9 Å². The third kappa shape index (κ3) is 2.87. The second-order valence-corrected chi connectivity index (χ2v) is 6.15. The van der Waals surface area contributed by atoms with Crippen LogP contribution < -0.4 is 10.1 Å². The Morgan fingerprint density at radius 1 is 1.45 bits per heavy atom. The number of rotatable bonds is 4. The number of halogens is 1. The third-order valence-electron chi connectivity index (χ3n) is 3.72. The van der Waals surface area contributed by atoms with Gasteiger partial charge in [-0.15, -0.1) is 0 Å². The van der Waals surface area contributed by atoms with Gasteiger partial charge < -0.3 is 10.1 Å². The second kappa shape index (κ2) is 5.56. The van der Waals surface area contributed by atoms with Crippen LogP contribution in [0.4, 0.5) is 0 Å². The van der Waals surface area contributed by atoms with Crippen molar-refractivity contribution in [2.24, 2.45) is 0 Å². The summed E-state index contributed by atoms with van der Waals surface area (Å²) in [5, 5.41) is 2.92. The van der Waals surface area contributed by atoms with Crippen molar-refractivity contribution in [1.29, 1.82) is 0 Å². The summed E-state index contributed by atoms with van der Waals surface area (Å²) in [7, 11) is 1.66. The second-order valence-electron chi connectivity index (χ2n) is 5.30. The highest BCUT2D eigenvalue weighted by atomic mass is 79.9. The SMILES string of the molecule is COc1nc(C(Br)=C[C@H]2CCC(=O)N2)ccc1C1CC1. The Balaban J connectivity index is 1.82. The van der Waals surface area contributed by atoms with E-state index in [1.165, 1.54) is 18.4 Å². The van der Waals surface area contributed by atoms with Crippen molar-refractivity contribution >= 4 is 26.3 Å². The summed E-state index contributed by atoms with van der Waals surface area (Å²) in [5.41, 5.74) is 2.04. The molecule has 1 N–H and O–H groups in total. The first-order chi connectivity index (χ1) is 9.67. The molecule has 1 aromatic rings. The zero-order valence-corrected chi connectivity index (χ0v) is 12.9. The van der Waals surface area contributed by atoms with Gasteiger partial charge in [0.05, 0.1) is 12.8 Å². The van der Waals surface area contributed by atoms with Gasteiger partial charge in [-0.25, -0.2) is 4.98 Å². The monoisotopic (exact) mass is 336 g/mol. The molecule has 106 valence electrons. The van der Waals surface area contributed by atoms with Crippen LogP contribution in [0.25, 0.3) is 4.48 Å². The lowest BCUT2D eigenvalue weighted by Gasteiger charge is -2.10. The number of nitrogens with zero attached hydrogens (tertiary/aromatic N) is 1. The van der Waals surface area contributed by atoms with Gasteiger partial charge in [-0.3, -0.25) is 4.79 Å². The molecule has 1 amide bonds. The minimum absolute atomic E-state index is 0.0905. The number of amides is 1. The first-order valence-electron chi connectivity index (χ1n) is 6.89. The predicted octanol–water partition coefficient (Wildman–Crippen LogP) is 2.98. The fourth-order valence-corrected chi connectivity index (χ4v) is 3.02. The molecule has 20 heavy (non-hydrogen) atoms. The fraction of sp³-hybridized carbons (Fsp3) is 0.467. The standard InChI is InChI=1S/C15H17BrN2O2/c1-20-15-11(9-2-3-9)5-6-13(18-15)12(16)8-10-4-7-14(19)17-10/h5-6,8-10H,2-4,7H2,1H3,(H,17,19)/t10-/m1/s1. The summed E-state index contributed by atoms with van der Waals surface area (Å²) < 4.78 is 6.29. The van der Waals surface area contributed by atoms with E-state index in [2.05, 4.69) is 32.3 Å². The Morgan fingerprint density at radius 2 is 2.25 bits per heavy atom. The van der Waals surface area contributed by atoms with Crippen molar-refractivity contribution in [2.45, 2.75) is 37.6 Å². The molecule has 1 aliphatic carbocycles. The molecular weight excluding hydrogens is 320 g/mol. The first kappa shape index (κ1) is 13.6. The zero-order chi connectivity index (χ0) is 14.1. The van der Waals surface area contributed by atoms with Gasteiger partial charge >= 0.3 is 0 Å². The van der Waals surface area contributed by atoms with Crippen LogP contribution in [-0.4, -0.2) is 24.0 Å². The number of carbonyl (C=O) groups is 1. The lowest BCUT2D eigenvalue weighted by Crippen LogP contribution is -2.23. The summed E-state index contributed by atoms with van der Waals surface area (Å²) >= 11 is 3.55. The molecule has 4 nitrogen and oxygen atoms in total. The summed E-state index contributed by atoms with van der Waals surface area (Å²) in [6, 6.07) is 4.20. The van der Waals surface area contributed by atoms with Gasteiger partial charge in [-0.1, -0.05) is 6.07 Å². The lowest BCUT2D eigenvalue weighted by molar-refractivity contribution is -0.119. The highest BCUT2D eigenvalue weighted by Gasteiger charge is 2.27. The van der Waals surface area contributed by atoms with Crippen LogP contribution in [0, 0.1) is 0 Å². The summed E-state index contributed by atoms with van der Waals surface area (Å²) in [6.45, 7) is 0. The number of aromatic nitrogens is 1. The van der Waals surface area contributed by atoms with Gasteiger partial charge in [-0.05, 0) is 53.3 Å². The molecule has 2 fully saturated rings. The predicted molar refractivity (Wildman–Crippen MR) is 80.8 cm³/mol. The summed E-state index contributed by atoms with van der Waals surface area (Å²) in [6.07, 6.45) is 5.89. The van der Waals surface area contributed by atoms with Gasteiger partial charge in [0.25, 0.3) is 0 Å². The highest BCUT2D eigenvalue weighted by molar-refractivity contribution is 9.15. The van der Waals surface area contributed by atoms with Crippen molar-refractivity contribution < 1.29 is 9.53 Å². The Labute approximate surface area is 126 Å². The molecule has 0 bridgehead atoms. The molecule has 0 unspecified atom stereocenters. The van der Waals surface area contributed by atoms with E-state index in [1.54, 1.807) is 7.11 Å². The average molecular weight is 337 g/mol. The number of hydrogen-bond donors (Lipinski definition) is 1. The molecule has 1 aromatic heterocycles.